The zero-order chi connectivity index (χ0) is 17.8. The van der Waals surface area contributed by atoms with Crippen molar-refractivity contribution in [1.82, 2.24) is 5.32 Å². The second kappa shape index (κ2) is 7.25. The Labute approximate surface area is 145 Å². The molecule has 3 rings (SSSR count). The number of carboxylic acid groups (broad SMARTS) is 1. The van der Waals surface area contributed by atoms with Crippen LogP contribution in [0.5, 0.6) is 11.5 Å². The van der Waals surface area contributed by atoms with Gasteiger partial charge in [-0.25, -0.2) is 4.79 Å². The lowest BCUT2D eigenvalue weighted by Gasteiger charge is -2.26. The molecule has 1 amide bonds. The van der Waals surface area contributed by atoms with Gasteiger partial charge in [0.1, 0.15) is 18.1 Å². The Balaban J connectivity index is 1.73. The van der Waals surface area contributed by atoms with Crippen LogP contribution in [0.3, 0.4) is 0 Å². The lowest BCUT2D eigenvalue weighted by atomic mass is 9.95. The first-order valence-corrected chi connectivity index (χ1v) is 7.96. The molecule has 0 fully saturated rings. The molecule has 0 spiro atoms. The highest BCUT2D eigenvalue weighted by Crippen LogP contribution is 2.31. The molecule has 1 heterocycles. The predicted molar refractivity (Wildman–Crippen MR) is 90.6 cm³/mol. The van der Waals surface area contributed by atoms with Gasteiger partial charge in [-0.3, -0.25) is 4.79 Å². The van der Waals surface area contributed by atoms with Gasteiger partial charge >= 0.3 is 5.97 Å². The third-order valence-electron chi connectivity index (χ3n) is 4.21. The van der Waals surface area contributed by atoms with Gasteiger partial charge in [-0.05, 0) is 35.7 Å². The van der Waals surface area contributed by atoms with E-state index in [0.717, 1.165) is 11.3 Å². The molecule has 2 atom stereocenters. The summed E-state index contributed by atoms with van der Waals surface area (Å²) in [6.45, 7) is 0.215. The highest BCUT2D eigenvalue weighted by Gasteiger charge is 2.30. The smallest absolute Gasteiger partial charge is 0.330 e. The van der Waals surface area contributed by atoms with E-state index in [1.54, 1.807) is 43.5 Å². The minimum absolute atomic E-state index is 0.215. The fraction of sp³-hybridized carbons (Fsp3) is 0.263. The van der Waals surface area contributed by atoms with Crippen LogP contribution in [0.25, 0.3) is 0 Å². The molecule has 2 aromatic rings. The van der Waals surface area contributed by atoms with Crippen molar-refractivity contribution in [2.45, 2.75) is 12.5 Å². The maximum atomic E-state index is 12.6. The molecule has 0 radical (unpaired) electrons. The van der Waals surface area contributed by atoms with Crippen molar-refractivity contribution in [3.63, 3.8) is 0 Å². The van der Waals surface area contributed by atoms with E-state index in [1.165, 1.54) is 0 Å². The summed E-state index contributed by atoms with van der Waals surface area (Å²) in [4.78, 5) is 24.1. The topological polar surface area (TPSA) is 84.9 Å². The number of methoxy groups -OCH3 is 1. The Hall–Kier alpha value is -3.02. The zero-order valence-corrected chi connectivity index (χ0v) is 13.8. The summed E-state index contributed by atoms with van der Waals surface area (Å²) in [6, 6.07) is 13.0. The fourth-order valence-corrected chi connectivity index (χ4v) is 2.86. The SMILES string of the molecule is COc1ccc2c(c1)CC(C(=O)N[C@@H](C(=O)O)c1ccccc1)CO2. The molecule has 6 heteroatoms. The monoisotopic (exact) mass is 341 g/mol. The number of aliphatic carboxylic acids is 1. The molecule has 2 N–H and O–H groups in total. The minimum atomic E-state index is -1.10. The van der Waals surface area contributed by atoms with Crippen molar-refractivity contribution in [1.29, 1.82) is 0 Å². The van der Waals surface area contributed by atoms with Crippen molar-refractivity contribution >= 4 is 11.9 Å². The summed E-state index contributed by atoms with van der Waals surface area (Å²) >= 11 is 0. The first kappa shape index (κ1) is 16.8. The van der Waals surface area contributed by atoms with Crippen LogP contribution in [0.4, 0.5) is 0 Å². The van der Waals surface area contributed by atoms with E-state index in [-0.39, 0.29) is 12.5 Å². The number of carbonyl (C=O) groups is 2. The summed E-state index contributed by atoms with van der Waals surface area (Å²) < 4.78 is 10.8. The van der Waals surface area contributed by atoms with Gasteiger partial charge in [0.15, 0.2) is 6.04 Å². The normalized spacial score (nSPS) is 16.9. The number of ether oxygens (including phenoxy) is 2. The molecule has 0 saturated carbocycles. The Morgan fingerprint density at radius 3 is 2.68 bits per heavy atom. The Bertz CT molecular complexity index is 775. The number of carbonyl (C=O) groups excluding carboxylic acids is 1. The quantitative estimate of drug-likeness (QED) is 0.871. The molecule has 0 bridgehead atoms. The average molecular weight is 341 g/mol. The molecule has 1 unspecified atom stereocenters. The van der Waals surface area contributed by atoms with Gasteiger partial charge < -0.3 is 19.9 Å². The predicted octanol–water partition coefficient (Wildman–Crippen LogP) is 2.19. The summed E-state index contributed by atoms with van der Waals surface area (Å²) in [5.74, 6) is -0.480. The van der Waals surface area contributed by atoms with E-state index >= 15 is 0 Å². The number of carboxylic acids is 1. The summed E-state index contributed by atoms with van der Waals surface area (Å²) in [5.41, 5.74) is 1.40. The van der Waals surface area contributed by atoms with E-state index in [2.05, 4.69) is 5.32 Å². The lowest BCUT2D eigenvalue weighted by Crippen LogP contribution is -2.41. The molecule has 0 aromatic heterocycles. The van der Waals surface area contributed by atoms with Crippen LogP contribution in [0.2, 0.25) is 0 Å². The van der Waals surface area contributed by atoms with Crippen LogP contribution in [0, 0.1) is 5.92 Å². The van der Waals surface area contributed by atoms with Crippen LogP contribution >= 0.6 is 0 Å². The highest BCUT2D eigenvalue weighted by atomic mass is 16.5. The van der Waals surface area contributed by atoms with Gasteiger partial charge in [-0.15, -0.1) is 0 Å². The number of amides is 1. The van der Waals surface area contributed by atoms with Gasteiger partial charge in [-0.1, -0.05) is 30.3 Å². The second-order valence-electron chi connectivity index (χ2n) is 5.88. The van der Waals surface area contributed by atoms with Crippen LogP contribution in [-0.2, 0) is 16.0 Å². The number of hydrogen-bond acceptors (Lipinski definition) is 4. The fourth-order valence-electron chi connectivity index (χ4n) is 2.86. The number of fused-ring (bicyclic) bond motifs is 1. The maximum Gasteiger partial charge on any atom is 0.330 e. The van der Waals surface area contributed by atoms with Gasteiger partial charge in [0, 0.05) is 0 Å². The Kier molecular flexibility index (Phi) is 4.88. The first-order chi connectivity index (χ1) is 12.1. The number of hydrogen-bond donors (Lipinski definition) is 2. The van der Waals surface area contributed by atoms with E-state index in [0.29, 0.717) is 17.7 Å². The molecule has 25 heavy (non-hydrogen) atoms. The van der Waals surface area contributed by atoms with E-state index in [1.807, 2.05) is 12.1 Å². The number of nitrogens with one attached hydrogen (secondary N) is 1. The van der Waals surface area contributed by atoms with Gasteiger partial charge in [0.05, 0.1) is 13.0 Å². The molecule has 6 nitrogen and oxygen atoms in total. The van der Waals surface area contributed by atoms with E-state index in [9.17, 15) is 14.7 Å². The Morgan fingerprint density at radius 2 is 2.00 bits per heavy atom. The molecule has 1 aliphatic heterocycles. The molecule has 130 valence electrons. The zero-order valence-electron chi connectivity index (χ0n) is 13.8. The van der Waals surface area contributed by atoms with Crippen molar-refractivity contribution in [3.8, 4) is 11.5 Å². The summed E-state index contributed by atoms with van der Waals surface area (Å²) in [7, 11) is 1.58. The standard InChI is InChI=1S/C19H19NO5/c1-24-15-7-8-16-13(10-15)9-14(11-25-16)18(21)20-17(19(22)23)12-5-3-2-4-6-12/h2-8,10,14,17H,9,11H2,1H3,(H,20,21)(H,22,23)/t14?,17-/m1/s1. The molecule has 0 aliphatic carbocycles. The molecule has 0 saturated heterocycles. The largest absolute Gasteiger partial charge is 0.497 e. The first-order valence-electron chi connectivity index (χ1n) is 7.96. The van der Waals surface area contributed by atoms with E-state index in [4.69, 9.17) is 9.47 Å². The minimum Gasteiger partial charge on any atom is -0.497 e. The third-order valence-corrected chi connectivity index (χ3v) is 4.21. The van der Waals surface area contributed by atoms with Crippen LogP contribution in [0.15, 0.2) is 48.5 Å². The van der Waals surface area contributed by atoms with Crippen molar-refractivity contribution in [2.24, 2.45) is 5.92 Å². The maximum absolute atomic E-state index is 12.6. The number of rotatable bonds is 5. The highest BCUT2D eigenvalue weighted by molar-refractivity contribution is 5.86. The molecule has 2 aromatic carbocycles. The summed E-state index contributed by atoms with van der Waals surface area (Å²) in [6.07, 6.45) is 0.472. The van der Waals surface area contributed by atoms with Crippen LogP contribution in [0.1, 0.15) is 17.2 Å². The molecule has 1 aliphatic rings. The van der Waals surface area contributed by atoms with Crippen LogP contribution < -0.4 is 14.8 Å². The van der Waals surface area contributed by atoms with Gasteiger partial charge in [0.25, 0.3) is 0 Å². The van der Waals surface area contributed by atoms with Crippen molar-refractivity contribution < 1.29 is 24.2 Å². The number of benzene rings is 2. The Morgan fingerprint density at radius 1 is 1.24 bits per heavy atom. The third kappa shape index (κ3) is 3.74. The molecular formula is C19H19NO5. The lowest BCUT2D eigenvalue weighted by molar-refractivity contribution is -0.143. The van der Waals surface area contributed by atoms with Gasteiger partial charge in [0.2, 0.25) is 5.91 Å². The molecular weight excluding hydrogens is 322 g/mol. The van der Waals surface area contributed by atoms with Crippen LogP contribution in [-0.4, -0.2) is 30.7 Å². The average Bonchev–Trinajstić information content (AvgIpc) is 2.65. The second-order valence-corrected chi connectivity index (χ2v) is 5.88. The van der Waals surface area contributed by atoms with Crippen molar-refractivity contribution in [2.75, 3.05) is 13.7 Å². The van der Waals surface area contributed by atoms with Gasteiger partial charge in [-0.2, -0.15) is 0 Å². The summed E-state index contributed by atoms with van der Waals surface area (Å²) in [5, 5.41) is 12.0. The van der Waals surface area contributed by atoms with E-state index < -0.39 is 17.9 Å². The van der Waals surface area contributed by atoms with Crippen molar-refractivity contribution in [3.05, 3.63) is 59.7 Å².